The number of rotatable bonds is 7. The van der Waals surface area contributed by atoms with Gasteiger partial charge in [0.2, 0.25) is 0 Å². The molecule has 3 heterocycles. The molecule has 6 heteroatoms. The van der Waals surface area contributed by atoms with Crippen LogP contribution < -0.4 is 5.32 Å². The average Bonchev–Trinajstić information content (AvgIpc) is 3.33. The van der Waals surface area contributed by atoms with E-state index in [4.69, 9.17) is 4.42 Å². The van der Waals surface area contributed by atoms with Crippen LogP contribution in [0.3, 0.4) is 0 Å². The van der Waals surface area contributed by atoms with Gasteiger partial charge in [0.1, 0.15) is 11.3 Å². The van der Waals surface area contributed by atoms with Crippen LogP contribution in [0.1, 0.15) is 12.0 Å². The Kier molecular flexibility index (Phi) is 4.35. The molecule has 1 N–H and O–H groups in total. The molecule has 0 saturated carbocycles. The highest BCUT2D eigenvalue weighted by Gasteiger charge is 2.14. The van der Waals surface area contributed by atoms with Crippen LogP contribution in [-0.4, -0.2) is 26.1 Å². The van der Waals surface area contributed by atoms with E-state index in [-0.39, 0.29) is 0 Å². The fourth-order valence-electron chi connectivity index (χ4n) is 2.99. The SMILES string of the molecule is Cn1cc(CNCCCn2cccn2)c(-c2cc3ccccc3o2)n1. The van der Waals surface area contributed by atoms with Gasteiger partial charge in [-0.1, -0.05) is 18.2 Å². The molecule has 0 aliphatic rings. The van der Waals surface area contributed by atoms with Crippen LogP contribution in [0.5, 0.6) is 0 Å². The van der Waals surface area contributed by atoms with E-state index in [1.165, 1.54) is 0 Å². The zero-order valence-corrected chi connectivity index (χ0v) is 14.2. The topological polar surface area (TPSA) is 60.8 Å². The Morgan fingerprint density at radius 3 is 2.96 bits per heavy atom. The molecule has 25 heavy (non-hydrogen) atoms. The molecule has 0 amide bonds. The Hall–Kier alpha value is -2.86. The Balaban J connectivity index is 1.42. The summed E-state index contributed by atoms with van der Waals surface area (Å²) in [4.78, 5) is 0. The lowest BCUT2D eigenvalue weighted by atomic mass is 10.2. The number of fused-ring (bicyclic) bond motifs is 1. The van der Waals surface area contributed by atoms with Crippen molar-refractivity contribution in [3.8, 4) is 11.5 Å². The van der Waals surface area contributed by atoms with Gasteiger partial charge < -0.3 is 9.73 Å². The molecule has 4 rings (SSSR count). The molecular formula is C19H21N5O. The fourth-order valence-corrected chi connectivity index (χ4v) is 2.99. The van der Waals surface area contributed by atoms with Crippen LogP contribution in [0.25, 0.3) is 22.4 Å². The zero-order valence-electron chi connectivity index (χ0n) is 14.2. The number of nitrogens with one attached hydrogen (secondary N) is 1. The lowest BCUT2D eigenvalue weighted by Crippen LogP contribution is -2.16. The van der Waals surface area contributed by atoms with Gasteiger partial charge in [0.25, 0.3) is 0 Å². The zero-order chi connectivity index (χ0) is 17.1. The first kappa shape index (κ1) is 15.7. The van der Waals surface area contributed by atoms with Gasteiger partial charge in [0, 0.05) is 49.7 Å². The first-order valence-corrected chi connectivity index (χ1v) is 8.49. The van der Waals surface area contributed by atoms with E-state index in [1.807, 2.05) is 59.3 Å². The van der Waals surface area contributed by atoms with E-state index in [9.17, 15) is 0 Å². The molecule has 3 aromatic heterocycles. The highest BCUT2D eigenvalue weighted by atomic mass is 16.3. The third kappa shape index (κ3) is 3.49. The lowest BCUT2D eigenvalue weighted by molar-refractivity contribution is 0.543. The second-order valence-corrected chi connectivity index (χ2v) is 6.12. The van der Waals surface area contributed by atoms with Crippen LogP contribution in [-0.2, 0) is 20.1 Å². The van der Waals surface area contributed by atoms with Gasteiger partial charge in [-0.3, -0.25) is 9.36 Å². The summed E-state index contributed by atoms with van der Waals surface area (Å²) in [7, 11) is 1.94. The van der Waals surface area contributed by atoms with Gasteiger partial charge in [-0.05, 0) is 31.2 Å². The normalized spacial score (nSPS) is 11.4. The molecule has 1 aromatic carbocycles. The van der Waals surface area contributed by atoms with Gasteiger partial charge >= 0.3 is 0 Å². The maximum Gasteiger partial charge on any atom is 0.156 e. The Labute approximate surface area is 146 Å². The first-order valence-electron chi connectivity index (χ1n) is 8.49. The number of para-hydroxylation sites is 1. The van der Waals surface area contributed by atoms with Crippen LogP contribution in [0.4, 0.5) is 0 Å². The standard InChI is InChI=1S/C19H21N5O/c1-23-14-16(13-20-8-4-10-24-11-5-9-21-24)19(22-23)18-12-15-6-2-3-7-17(15)25-18/h2-3,5-7,9,11-12,14,20H,4,8,10,13H2,1H3. The van der Waals surface area contributed by atoms with Crippen molar-refractivity contribution >= 4 is 11.0 Å². The second-order valence-electron chi connectivity index (χ2n) is 6.12. The molecule has 0 fully saturated rings. The van der Waals surface area contributed by atoms with Gasteiger partial charge in [-0.15, -0.1) is 0 Å². The number of furan rings is 1. The minimum absolute atomic E-state index is 0.763. The van der Waals surface area contributed by atoms with E-state index in [2.05, 4.69) is 27.6 Å². The number of hydrogen-bond acceptors (Lipinski definition) is 4. The van der Waals surface area contributed by atoms with Gasteiger partial charge in [-0.2, -0.15) is 10.2 Å². The van der Waals surface area contributed by atoms with Crippen molar-refractivity contribution in [3.63, 3.8) is 0 Å². The molecule has 0 aliphatic heterocycles. The van der Waals surface area contributed by atoms with Crippen molar-refractivity contribution in [2.24, 2.45) is 7.05 Å². The van der Waals surface area contributed by atoms with Gasteiger partial charge in [0.15, 0.2) is 5.76 Å². The van der Waals surface area contributed by atoms with Crippen molar-refractivity contribution in [2.45, 2.75) is 19.5 Å². The molecule has 0 unspecified atom stereocenters. The molecule has 0 bridgehead atoms. The van der Waals surface area contributed by atoms with Crippen LogP contribution in [0, 0.1) is 0 Å². The maximum atomic E-state index is 5.97. The molecule has 0 radical (unpaired) electrons. The summed E-state index contributed by atoms with van der Waals surface area (Å²) in [6.07, 6.45) is 6.87. The largest absolute Gasteiger partial charge is 0.454 e. The van der Waals surface area contributed by atoms with Crippen LogP contribution >= 0.6 is 0 Å². The summed E-state index contributed by atoms with van der Waals surface area (Å²) >= 11 is 0. The fraction of sp³-hybridized carbons (Fsp3) is 0.263. The average molecular weight is 335 g/mol. The van der Waals surface area contributed by atoms with Crippen molar-refractivity contribution in [2.75, 3.05) is 6.54 Å². The van der Waals surface area contributed by atoms with E-state index in [1.54, 1.807) is 0 Å². The minimum atomic E-state index is 0.763. The van der Waals surface area contributed by atoms with Crippen molar-refractivity contribution < 1.29 is 4.42 Å². The molecule has 6 nitrogen and oxygen atoms in total. The monoisotopic (exact) mass is 335 g/mol. The molecule has 0 spiro atoms. The van der Waals surface area contributed by atoms with E-state index in [0.717, 1.165) is 54.0 Å². The van der Waals surface area contributed by atoms with Crippen LogP contribution in [0.2, 0.25) is 0 Å². The highest BCUT2D eigenvalue weighted by molar-refractivity contribution is 5.82. The quantitative estimate of drug-likeness (QED) is 0.527. The molecule has 0 aliphatic carbocycles. The van der Waals surface area contributed by atoms with Gasteiger partial charge in [0.05, 0.1) is 0 Å². The van der Waals surface area contributed by atoms with Crippen molar-refractivity contribution in [3.05, 3.63) is 60.6 Å². The summed E-state index contributed by atoms with van der Waals surface area (Å²) in [5.41, 5.74) is 2.93. The molecule has 0 atom stereocenters. The summed E-state index contributed by atoms with van der Waals surface area (Å²) < 4.78 is 9.76. The molecule has 0 saturated heterocycles. The summed E-state index contributed by atoms with van der Waals surface area (Å²) in [5.74, 6) is 0.815. The third-order valence-corrected chi connectivity index (χ3v) is 4.18. The minimum Gasteiger partial charge on any atom is -0.454 e. The number of benzene rings is 1. The summed E-state index contributed by atoms with van der Waals surface area (Å²) in [6, 6.07) is 12.0. The molecule has 4 aromatic rings. The van der Waals surface area contributed by atoms with Crippen molar-refractivity contribution in [1.29, 1.82) is 0 Å². The summed E-state index contributed by atoms with van der Waals surface area (Å²) in [5, 5.41) is 13.4. The predicted octanol–water partition coefficient (Wildman–Crippen LogP) is 3.21. The maximum absolute atomic E-state index is 5.97. The second kappa shape index (κ2) is 6.94. The molecular weight excluding hydrogens is 314 g/mol. The predicted molar refractivity (Wildman–Crippen MR) is 97.0 cm³/mol. The smallest absolute Gasteiger partial charge is 0.156 e. The highest BCUT2D eigenvalue weighted by Crippen LogP contribution is 2.28. The molecule has 128 valence electrons. The van der Waals surface area contributed by atoms with E-state index >= 15 is 0 Å². The van der Waals surface area contributed by atoms with E-state index < -0.39 is 0 Å². The van der Waals surface area contributed by atoms with Gasteiger partial charge in [-0.25, -0.2) is 0 Å². The third-order valence-electron chi connectivity index (χ3n) is 4.18. The number of hydrogen-bond donors (Lipinski definition) is 1. The number of aromatic nitrogens is 4. The Morgan fingerprint density at radius 1 is 1.20 bits per heavy atom. The number of nitrogens with zero attached hydrogens (tertiary/aromatic N) is 4. The Morgan fingerprint density at radius 2 is 2.12 bits per heavy atom. The van der Waals surface area contributed by atoms with Crippen LogP contribution in [0.15, 0.2) is 59.4 Å². The van der Waals surface area contributed by atoms with Crippen molar-refractivity contribution in [1.82, 2.24) is 24.9 Å². The Bertz CT molecular complexity index is 918. The number of aryl methyl sites for hydroxylation is 2. The summed E-state index contributed by atoms with van der Waals surface area (Å²) in [6.45, 7) is 2.61. The van der Waals surface area contributed by atoms with E-state index in [0.29, 0.717) is 0 Å². The first-order chi connectivity index (χ1) is 12.3. The lowest BCUT2D eigenvalue weighted by Gasteiger charge is -2.04.